The molecule has 1 aliphatic rings. The highest BCUT2D eigenvalue weighted by atomic mass is 15.3. The van der Waals surface area contributed by atoms with E-state index in [1.807, 2.05) is 0 Å². The molecular weight excluding hydrogens is 222 g/mol. The minimum atomic E-state index is 0.686. The van der Waals surface area contributed by atoms with Crippen LogP contribution in [-0.2, 0) is 0 Å². The summed E-state index contributed by atoms with van der Waals surface area (Å²) in [5.41, 5.74) is 0. The molecule has 0 amide bonds. The van der Waals surface area contributed by atoms with E-state index in [4.69, 9.17) is 0 Å². The molecule has 0 aromatic carbocycles. The third kappa shape index (κ3) is 6.72. The van der Waals surface area contributed by atoms with Gasteiger partial charge in [-0.15, -0.1) is 0 Å². The molecule has 0 saturated carbocycles. The summed E-state index contributed by atoms with van der Waals surface area (Å²) in [6, 6.07) is 0.686. The van der Waals surface area contributed by atoms with E-state index in [9.17, 15) is 0 Å². The minimum absolute atomic E-state index is 0.686. The zero-order valence-corrected chi connectivity index (χ0v) is 12.7. The van der Waals surface area contributed by atoms with Crippen LogP contribution >= 0.6 is 0 Å². The highest BCUT2D eigenvalue weighted by Crippen LogP contribution is 2.05. The third-order valence-corrected chi connectivity index (χ3v) is 3.86. The molecule has 1 fully saturated rings. The van der Waals surface area contributed by atoms with Gasteiger partial charge < -0.3 is 15.1 Å². The Balaban J connectivity index is 2.00. The minimum Gasteiger partial charge on any atom is -0.314 e. The Kier molecular flexibility index (Phi) is 8.64. The fourth-order valence-electron chi connectivity index (χ4n) is 2.67. The molecule has 1 heterocycles. The lowest BCUT2D eigenvalue weighted by atomic mass is 10.1. The monoisotopic (exact) mass is 255 g/mol. The molecule has 1 atom stereocenters. The van der Waals surface area contributed by atoms with E-state index in [-0.39, 0.29) is 0 Å². The normalized spacial score (nSPS) is 20.2. The number of rotatable bonds is 9. The molecular formula is C15H33N3. The van der Waals surface area contributed by atoms with Gasteiger partial charge in [-0.1, -0.05) is 13.8 Å². The second-order valence-corrected chi connectivity index (χ2v) is 5.68. The van der Waals surface area contributed by atoms with Gasteiger partial charge >= 0.3 is 0 Å². The predicted octanol–water partition coefficient (Wildman–Crippen LogP) is 2.18. The van der Waals surface area contributed by atoms with Crippen molar-refractivity contribution in [3.63, 3.8) is 0 Å². The molecule has 0 bridgehead atoms. The average molecular weight is 255 g/mol. The molecule has 1 unspecified atom stereocenters. The molecule has 0 aromatic rings. The van der Waals surface area contributed by atoms with Crippen molar-refractivity contribution in [2.75, 3.05) is 45.8 Å². The Morgan fingerprint density at radius 3 is 2.11 bits per heavy atom. The largest absolute Gasteiger partial charge is 0.314 e. The summed E-state index contributed by atoms with van der Waals surface area (Å²) in [6.45, 7) is 15.7. The molecule has 1 N–H and O–H groups in total. The van der Waals surface area contributed by atoms with Gasteiger partial charge in [0.05, 0.1) is 0 Å². The second kappa shape index (κ2) is 9.76. The first-order valence-corrected chi connectivity index (χ1v) is 7.94. The van der Waals surface area contributed by atoms with Crippen molar-refractivity contribution in [2.45, 2.75) is 52.5 Å². The van der Waals surface area contributed by atoms with Crippen molar-refractivity contribution in [2.24, 2.45) is 0 Å². The molecule has 1 saturated heterocycles. The molecule has 3 heteroatoms. The number of nitrogens with one attached hydrogen (secondary N) is 1. The van der Waals surface area contributed by atoms with Crippen LogP contribution in [0.15, 0.2) is 0 Å². The number of hydrogen-bond acceptors (Lipinski definition) is 3. The highest BCUT2D eigenvalue weighted by Gasteiger charge is 2.15. The molecule has 1 rings (SSSR count). The fraction of sp³-hybridized carbons (Fsp3) is 1.00. The first-order valence-electron chi connectivity index (χ1n) is 7.94. The van der Waals surface area contributed by atoms with Gasteiger partial charge in [0.1, 0.15) is 0 Å². The maximum absolute atomic E-state index is 3.57. The SMILES string of the molecule is CCCNC(C)CCCN1CCN(CCC)CC1. The third-order valence-electron chi connectivity index (χ3n) is 3.86. The molecule has 0 aromatic heterocycles. The molecule has 18 heavy (non-hydrogen) atoms. The number of piperazine rings is 1. The van der Waals surface area contributed by atoms with Gasteiger partial charge in [0.2, 0.25) is 0 Å². The van der Waals surface area contributed by atoms with Crippen LogP contribution in [0, 0.1) is 0 Å². The summed E-state index contributed by atoms with van der Waals surface area (Å²) in [6.07, 6.45) is 5.19. The Morgan fingerprint density at radius 2 is 1.56 bits per heavy atom. The molecule has 0 spiro atoms. The van der Waals surface area contributed by atoms with E-state index in [0.29, 0.717) is 6.04 Å². The van der Waals surface area contributed by atoms with Crippen molar-refractivity contribution < 1.29 is 0 Å². The zero-order chi connectivity index (χ0) is 13.2. The van der Waals surface area contributed by atoms with E-state index in [2.05, 4.69) is 35.9 Å². The first kappa shape index (κ1) is 15.9. The standard InChI is InChI=1S/C15H33N3/c1-4-8-16-15(3)7-6-10-18-13-11-17(9-5-2)12-14-18/h15-16H,4-14H2,1-3H3. The number of hydrogen-bond donors (Lipinski definition) is 1. The van der Waals surface area contributed by atoms with Gasteiger partial charge in [-0.25, -0.2) is 0 Å². The topological polar surface area (TPSA) is 18.5 Å². The van der Waals surface area contributed by atoms with Crippen LogP contribution in [0.4, 0.5) is 0 Å². The number of nitrogens with zero attached hydrogens (tertiary/aromatic N) is 2. The van der Waals surface area contributed by atoms with Gasteiger partial charge in [0.25, 0.3) is 0 Å². The molecule has 0 radical (unpaired) electrons. The van der Waals surface area contributed by atoms with E-state index >= 15 is 0 Å². The molecule has 0 aliphatic carbocycles. The van der Waals surface area contributed by atoms with Crippen molar-refractivity contribution >= 4 is 0 Å². The van der Waals surface area contributed by atoms with E-state index in [0.717, 1.165) is 6.54 Å². The zero-order valence-electron chi connectivity index (χ0n) is 12.7. The summed E-state index contributed by atoms with van der Waals surface area (Å²) in [4.78, 5) is 5.24. The maximum atomic E-state index is 3.57. The summed E-state index contributed by atoms with van der Waals surface area (Å²) < 4.78 is 0. The van der Waals surface area contributed by atoms with Crippen molar-refractivity contribution in [3.05, 3.63) is 0 Å². The van der Waals surface area contributed by atoms with Crippen LogP contribution in [0.3, 0.4) is 0 Å². The van der Waals surface area contributed by atoms with Gasteiger partial charge in [-0.05, 0) is 52.2 Å². The smallest absolute Gasteiger partial charge is 0.0110 e. The molecule has 3 nitrogen and oxygen atoms in total. The van der Waals surface area contributed by atoms with Crippen LogP contribution in [0.2, 0.25) is 0 Å². The van der Waals surface area contributed by atoms with Crippen molar-refractivity contribution in [1.82, 2.24) is 15.1 Å². The Bertz CT molecular complexity index is 188. The molecule has 1 aliphatic heterocycles. The van der Waals surface area contributed by atoms with Gasteiger partial charge in [0.15, 0.2) is 0 Å². The van der Waals surface area contributed by atoms with Gasteiger partial charge in [0, 0.05) is 32.2 Å². The highest BCUT2D eigenvalue weighted by molar-refractivity contribution is 4.72. The quantitative estimate of drug-likeness (QED) is 0.681. The fourth-order valence-corrected chi connectivity index (χ4v) is 2.67. The summed E-state index contributed by atoms with van der Waals surface area (Å²) in [7, 11) is 0. The van der Waals surface area contributed by atoms with Crippen LogP contribution in [0.5, 0.6) is 0 Å². The van der Waals surface area contributed by atoms with E-state index in [1.54, 1.807) is 0 Å². The van der Waals surface area contributed by atoms with Crippen LogP contribution in [0.1, 0.15) is 46.5 Å². The van der Waals surface area contributed by atoms with Crippen LogP contribution < -0.4 is 5.32 Å². The second-order valence-electron chi connectivity index (χ2n) is 5.68. The van der Waals surface area contributed by atoms with E-state index < -0.39 is 0 Å². The van der Waals surface area contributed by atoms with Crippen molar-refractivity contribution in [1.29, 1.82) is 0 Å². The first-order chi connectivity index (χ1) is 8.76. The summed E-state index contributed by atoms with van der Waals surface area (Å²) in [5.74, 6) is 0. The van der Waals surface area contributed by atoms with Gasteiger partial charge in [-0.2, -0.15) is 0 Å². The maximum Gasteiger partial charge on any atom is 0.0110 e. The van der Waals surface area contributed by atoms with Gasteiger partial charge in [-0.3, -0.25) is 0 Å². The Hall–Kier alpha value is -0.120. The van der Waals surface area contributed by atoms with Crippen LogP contribution in [0.25, 0.3) is 0 Å². The lowest BCUT2D eigenvalue weighted by molar-refractivity contribution is 0.130. The Morgan fingerprint density at radius 1 is 0.944 bits per heavy atom. The average Bonchev–Trinajstić information content (AvgIpc) is 2.39. The van der Waals surface area contributed by atoms with Crippen LogP contribution in [-0.4, -0.2) is 61.7 Å². The lowest BCUT2D eigenvalue weighted by Crippen LogP contribution is -2.46. The Labute approximate surface area is 114 Å². The lowest BCUT2D eigenvalue weighted by Gasteiger charge is -2.34. The summed E-state index contributed by atoms with van der Waals surface area (Å²) in [5, 5.41) is 3.57. The van der Waals surface area contributed by atoms with E-state index in [1.165, 1.54) is 65.0 Å². The molecule has 108 valence electrons. The predicted molar refractivity (Wildman–Crippen MR) is 80.2 cm³/mol. The van der Waals surface area contributed by atoms with Crippen molar-refractivity contribution in [3.8, 4) is 0 Å². The summed E-state index contributed by atoms with van der Waals surface area (Å²) >= 11 is 0.